The van der Waals surface area contributed by atoms with E-state index in [1.807, 2.05) is 18.2 Å². The molecule has 18 heavy (non-hydrogen) atoms. The second kappa shape index (κ2) is 6.78. The van der Waals surface area contributed by atoms with Gasteiger partial charge in [-0.25, -0.2) is 0 Å². The summed E-state index contributed by atoms with van der Waals surface area (Å²) in [6.07, 6.45) is 0. The zero-order valence-corrected chi connectivity index (χ0v) is 14.0. The average molecular weight is 438 g/mol. The van der Waals surface area contributed by atoms with Crippen molar-refractivity contribution in [3.8, 4) is 5.75 Å². The first-order valence-corrected chi connectivity index (χ1v) is 7.98. The Morgan fingerprint density at radius 1 is 1.06 bits per heavy atom. The predicted molar refractivity (Wildman–Crippen MR) is 87.6 cm³/mol. The van der Waals surface area contributed by atoms with Crippen molar-refractivity contribution in [2.75, 3.05) is 0 Å². The van der Waals surface area contributed by atoms with Crippen molar-refractivity contribution in [2.24, 2.45) is 0 Å². The molecule has 0 aromatic heterocycles. The fourth-order valence-electron chi connectivity index (χ4n) is 1.49. The van der Waals surface area contributed by atoms with E-state index in [4.69, 9.17) is 16.3 Å². The minimum atomic E-state index is 0.532. The summed E-state index contributed by atoms with van der Waals surface area (Å²) in [7, 11) is 0. The lowest BCUT2D eigenvalue weighted by Gasteiger charge is -2.09. The Kier molecular flexibility index (Phi) is 5.33. The van der Waals surface area contributed by atoms with Crippen LogP contribution in [-0.4, -0.2) is 0 Å². The van der Waals surface area contributed by atoms with Crippen LogP contribution >= 0.6 is 50.1 Å². The zero-order chi connectivity index (χ0) is 13.0. The third-order valence-electron chi connectivity index (χ3n) is 2.46. The molecule has 0 N–H and O–H groups in total. The molecule has 2 aromatic carbocycles. The van der Waals surface area contributed by atoms with E-state index in [0.717, 1.165) is 22.2 Å². The van der Waals surface area contributed by atoms with Crippen LogP contribution < -0.4 is 4.74 Å². The number of benzene rings is 2. The number of hydrogen-bond donors (Lipinski definition) is 0. The van der Waals surface area contributed by atoms with Gasteiger partial charge in [0.1, 0.15) is 12.4 Å². The van der Waals surface area contributed by atoms with Gasteiger partial charge >= 0.3 is 0 Å². The molecule has 0 fully saturated rings. The molecule has 1 nitrogen and oxygen atoms in total. The van der Waals surface area contributed by atoms with Crippen molar-refractivity contribution >= 4 is 50.1 Å². The molecule has 94 valence electrons. The van der Waals surface area contributed by atoms with Gasteiger partial charge in [0.2, 0.25) is 0 Å². The van der Waals surface area contributed by atoms with Crippen LogP contribution in [0.2, 0.25) is 5.02 Å². The summed E-state index contributed by atoms with van der Waals surface area (Å²) in [5.74, 6) is 0.722. The van der Waals surface area contributed by atoms with Crippen LogP contribution in [-0.2, 0) is 11.9 Å². The normalized spacial score (nSPS) is 10.4. The third-order valence-corrected chi connectivity index (χ3v) is 4.12. The molecular formula is C14H11BrClIO. The monoisotopic (exact) mass is 436 g/mol. The molecule has 0 atom stereocenters. The van der Waals surface area contributed by atoms with Gasteiger partial charge in [0.25, 0.3) is 0 Å². The van der Waals surface area contributed by atoms with Gasteiger partial charge in [0, 0.05) is 8.90 Å². The van der Waals surface area contributed by atoms with Crippen LogP contribution in [0.25, 0.3) is 0 Å². The van der Waals surface area contributed by atoms with Crippen molar-refractivity contribution in [3.63, 3.8) is 0 Å². The second-order valence-corrected chi connectivity index (χ2v) is 6.03. The van der Waals surface area contributed by atoms with E-state index in [0.29, 0.717) is 11.6 Å². The summed E-state index contributed by atoms with van der Waals surface area (Å²) in [6, 6.07) is 14.1. The summed E-state index contributed by atoms with van der Waals surface area (Å²) in [6.45, 7) is 0.532. The molecule has 0 aliphatic carbocycles. The SMILES string of the molecule is Clc1cc(CBr)ccc1OCc1ccc(I)cc1. The van der Waals surface area contributed by atoms with Crippen LogP contribution in [0.3, 0.4) is 0 Å². The van der Waals surface area contributed by atoms with Gasteiger partial charge in [-0.2, -0.15) is 0 Å². The van der Waals surface area contributed by atoms with E-state index >= 15 is 0 Å². The molecule has 0 radical (unpaired) electrons. The third kappa shape index (κ3) is 3.87. The Balaban J connectivity index is 2.04. The first kappa shape index (κ1) is 14.2. The van der Waals surface area contributed by atoms with Gasteiger partial charge in [0.05, 0.1) is 5.02 Å². The van der Waals surface area contributed by atoms with Crippen LogP contribution in [0.15, 0.2) is 42.5 Å². The first-order chi connectivity index (χ1) is 8.69. The Morgan fingerprint density at radius 2 is 1.72 bits per heavy atom. The van der Waals surface area contributed by atoms with E-state index in [-0.39, 0.29) is 0 Å². The summed E-state index contributed by atoms with van der Waals surface area (Å²) >= 11 is 11.8. The molecule has 0 aliphatic rings. The number of halogens is 3. The topological polar surface area (TPSA) is 9.23 Å². The molecule has 0 saturated carbocycles. The number of ether oxygens (including phenoxy) is 1. The van der Waals surface area contributed by atoms with E-state index in [9.17, 15) is 0 Å². The lowest BCUT2D eigenvalue weighted by Crippen LogP contribution is -1.96. The standard InChI is InChI=1S/C14H11BrClIO/c15-8-11-3-6-14(13(16)7-11)18-9-10-1-4-12(17)5-2-10/h1-7H,8-9H2. The highest BCUT2D eigenvalue weighted by molar-refractivity contribution is 14.1. The maximum absolute atomic E-state index is 6.15. The van der Waals surface area contributed by atoms with Crippen molar-refractivity contribution in [3.05, 3.63) is 62.2 Å². The van der Waals surface area contributed by atoms with Gasteiger partial charge in [0.15, 0.2) is 0 Å². The van der Waals surface area contributed by atoms with E-state index < -0.39 is 0 Å². The molecule has 2 rings (SSSR count). The Labute approximate surface area is 134 Å². The average Bonchev–Trinajstić information content (AvgIpc) is 2.39. The Bertz CT molecular complexity index is 528. The molecule has 0 unspecified atom stereocenters. The van der Waals surface area contributed by atoms with Gasteiger partial charge in [-0.1, -0.05) is 45.7 Å². The summed E-state index contributed by atoms with van der Waals surface area (Å²) in [4.78, 5) is 0. The van der Waals surface area contributed by atoms with Crippen LogP contribution in [0.5, 0.6) is 5.75 Å². The molecule has 0 aliphatic heterocycles. The minimum absolute atomic E-state index is 0.532. The highest BCUT2D eigenvalue weighted by atomic mass is 127. The number of alkyl halides is 1. The van der Waals surface area contributed by atoms with Crippen LogP contribution in [0, 0.1) is 3.57 Å². The largest absolute Gasteiger partial charge is 0.487 e. The molecule has 0 bridgehead atoms. The molecule has 4 heteroatoms. The summed E-state index contributed by atoms with van der Waals surface area (Å²) < 4.78 is 6.93. The molecule has 0 heterocycles. The predicted octanol–water partition coefficient (Wildman–Crippen LogP) is 5.42. The first-order valence-electron chi connectivity index (χ1n) is 5.40. The molecule has 0 spiro atoms. The molecule has 0 amide bonds. The highest BCUT2D eigenvalue weighted by Crippen LogP contribution is 2.27. The molecule has 2 aromatic rings. The fourth-order valence-corrected chi connectivity index (χ4v) is 2.45. The zero-order valence-electron chi connectivity index (χ0n) is 9.50. The van der Waals surface area contributed by atoms with Crippen LogP contribution in [0.4, 0.5) is 0 Å². The van der Waals surface area contributed by atoms with E-state index in [2.05, 4.69) is 62.8 Å². The number of rotatable bonds is 4. The van der Waals surface area contributed by atoms with Gasteiger partial charge in [-0.3, -0.25) is 0 Å². The van der Waals surface area contributed by atoms with Crippen molar-refractivity contribution < 1.29 is 4.74 Å². The lowest BCUT2D eigenvalue weighted by molar-refractivity contribution is 0.306. The van der Waals surface area contributed by atoms with Crippen LogP contribution in [0.1, 0.15) is 11.1 Å². The lowest BCUT2D eigenvalue weighted by atomic mass is 10.2. The van der Waals surface area contributed by atoms with E-state index in [1.165, 1.54) is 3.57 Å². The van der Waals surface area contributed by atoms with Gasteiger partial charge in [-0.05, 0) is 58.0 Å². The van der Waals surface area contributed by atoms with Crippen molar-refractivity contribution in [1.82, 2.24) is 0 Å². The van der Waals surface area contributed by atoms with Gasteiger partial charge in [-0.15, -0.1) is 0 Å². The quantitative estimate of drug-likeness (QED) is 0.459. The maximum Gasteiger partial charge on any atom is 0.138 e. The van der Waals surface area contributed by atoms with Gasteiger partial charge < -0.3 is 4.74 Å². The Morgan fingerprint density at radius 3 is 2.33 bits per heavy atom. The highest BCUT2D eigenvalue weighted by Gasteiger charge is 2.03. The summed E-state index contributed by atoms with van der Waals surface area (Å²) in [5.41, 5.74) is 2.28. The van der Waals surface area contributed by atoms with E-state index in [1.54, 1.807) is 0 Å². The Hall–Kier alpha value is -0.260. The second-order valence-electron chi connectivity index (χ2n) is 3.81. The van der Waals surface area contributed by atoms with Crippen molar-refractivity contribution in [2.45, 2.75) is 11.9 Å². The summed E-state index contributed by atoms with van der Waals surface area (Å²) in [5, 5.41) is 1.45. The molecular weight excluding hydrogens is 426 g/mol. The maximum atomic E-state index is 6.15. The van der Waals surface area contributed by atoms with Crippen molar-refractivity contribution in [1.29, 1.82) is 0 Å². The molecule has 0 saturated heterocycles. The minimum Gasteiger partial charge on any atom is -0.487 e. The fraction of sp³-hybridized carbons (Fsp3) is 0.143. The smallest absolute Gasteiger partial charge is 0.138 e. The number of hydrogen-bond acceptors (Lipinski definition) is 1.